The van der Waals surface area contributed by atoms with Crippen LogP contribution >= 0.6 is 0 Å². The van der Waals surface area contributed by atoms with E-state index in [0.717, 1.165) is 11.0 Å². The number of rotatable bonds is 8. The van der Waals surface area contributed by atoms with E-state index in [0.29, 0.717) is 5.56 Å². The standard InChI is InChI=1S/C22H18N4O8S/c1-33-17-8-6-14(26(29)30)11-16(17)24-35(31,32)19-10-13(5-7-18(19)34-2)12-25-21(27)15-4-3-9-23-20(15)22(25)28/h3-11,24H,12H2,1-2H3. The highest BCUT2D eigenvalue weighted by Gasteiger charge is 2.36. The summed E-state index contributed by atoms with van der Waals surface area (Å²) in [5.41, 5.74) is 0.0206. The number of pyridine rings is 1. The lowest BCUT2D eigenvalue weighted by atomic mass is 10.2. The summed E-state index contributed by atoms with van der Waals surface area (Å²) in [5, 5.41) is 11.1. The lowest BCUT2D eigenvalue weighted by Gasteiger charge is -2.17. The highest BCUT2D eigenvalue weighted by molar-refractivity contribution is 7.92. The number of aromatic nitrogens is 1. The Labute approximate surface area is 199 Å². The number of hydrogen-bond donors (Lipinski definition) is 1. The van der Waals surface area contributed by atoms with E-state index in [9.17, 15) is 28.1 Å². The molecule has 0 unspecified atom stereocenters. The Morgan fingerprint density at radius 2 is 1.74 bits per heavy atom. The molecule has 2 amide bonds. The minimum absolute atomic E-state index is 0.0188. The van der Waals surface area contributed by atoms with Crippen LogP contribution in [0, 0.1) is 10.1 Å². The van der Waals surface area contributed by atoms with E-state index in [4.69, 9.17) is 9.47 Å². The summed E-state index contributed by atoms with van der Waals surface area (Å²) >= 11 is 0. The molecular weight excluding hydrogens is 480 g/mol. The molecule has 1 aromatic heterocycles. The van der Waals surface area contributed by atoms with Crippen LogP contribution in [-0.4, -0.2) is 49.3 Å². The first-order valence-electron chi connectivity index (χ1n) is 9.99. The van der Waals surface area contributed by atoms with Gasteiger partial charge in [0.2, 0.25) is 0 Å². The Morgan fingerprint density at radius 1 is 1.03 bits per heavy atom. The van der Waals surface area contributed by atoms with Gasteiger partial charge in [0.15, 0.2) is 0 Å². The maximum Gasteiger partial charge on any atom is 0.280 e. The molecule has 0 bridgehead atoms. The number of nitro groups is 1. The SMILES string of the molecule is COc1ccc([N+](=O)[O-])cc1NS(=O)(=O)c1cc(CN2C(=O)c3cccnc3C2=O)ccc1OC. The number of benzene rings is 2. The number of hydrogen-bond acceptors (Lipinski definition) is 9. The summed E-state index contributed by atoms with van der Waals surface area (Å²) in [6, 6.07) is 10.6. The topological polar surface area (TPSA) is 158 Å². The molecule has 35 heavy (non-hydrogen) atoms. The minimum Gasteiger partial charge on any atom is -0.495 e. The van der Waals surface area contributed by atoms with Gasteiger partial charge in [-0.2, -0.15) is 0 Å². The molecule has 0 aliphatic carbocycles. The zero-order valence-electron chi connectivity index (χ0n) is 18.4. The van der Waals surface area contributed by atoms with Gasteiger partial charge in [-0.05, 0) is 35.9 Å². The predicted octanol–water partition coefficient (Wildman–Crippen LogP) is 2.60. The van der Waals surface area contributed by atoms with E-state index >= 15 is 0 Å². The fourth-order valence-corrected chi connectivity index (χ4v) is 4.84. The number of nitrogens with one attached hydrogen (secondary N) is 1. The first-order valence-corrected chi connectivity index (χ1v) is 11.5. The third-order valence-electron chi connectivity index (χ3n) is 5.23. The van der Waals surface area contributed by atoms with E-state index in [1.54, 1.807) is 6.07 Å². The molecule has 2 aromatic carbocycles. The average molecular weight is 498 g/mol. The Balaban J connectivity index is 1.68. The number of imide groups is 1. The summed E-state index contributed by atoms with van der Waals surface area (Å²) in [6.45, 7) is -0.208. The largest absolute Gasteiger partial charge is 0.495 e. The molecule has 0 saturated heterocycles. The van der Waals surface area contributed by atoms with E-state index in [1.807, 2.05) is 0 Å². The molecule has 13 heteroatoms. The maximum absolute atomic E-state index is 13.3. The second-order valence-electron chi connectivity index (χ2n) is 7.33. The molecule has 4 rings (SSSR count). The van der Waals surface area contributed by atoms with Gasteiger partial charge in [-0.15, -0.1) is 0 Å². The monoisotopic (exact) mass is 498 g/mol. The molecule has 0 atom stereocenters. The summed E-state index contributed by atoms with van der Waals surface area (Å²) < 4.78 is 39.1. The van der Waals surface area contributed by atoms with Gasteiger partial charge >= 0.3 is 0 Å². The van der Waals surface area contributed by atoms with Crippen LogP contribution in [0.1, 0.15) is 26.4 Å². The number of carbonyl (C=O) groups is 2. The maximum atomic E-state index is 13.3. The smallest absolute Gasteiger partial charge is 0.280 e. The van der Waals surface area contributed by atoms with Crippen LogP contribution < -0.4 is 14.2 Å². The molecule has 0 fully saturated rings. The first-order chi connectivity index (χ1) is 16.7. The van der Waals surface area contributed by atoms with Gasteiger partial charge < -0.3 is 9.47 Å². The molecule has 1 aliphatic heterocycles. The molecule has 1 N–H and O–H groups in total. The fourth-order valence-electron chi connectivity index (χ4n) is 3.56. The van der Waals surface area contributed by atoms with Crippen molar-refractivity contribution < 1.29 is 32.4 Å². The van der Waals surface area contributed by atoms with Crippen molar-refractivity contribution in [3.05, 3.63) is 81.7 Å². The summed E-state index contributed by atoms with van der Waals surface area (Å²) in [7, 11) is -1.78. The molecule has 0 radical (unpaired) electrons. The summed E-state index contributed by atoms with van der Waals surface area (Å²) in [5.74, 6) is -1.09. The molecule has 0 saturated carbocycles. The second-order valence-corrected chi connectivity index (χ2v) is 8.98. The van der Waals surface area contributed by atoms with Crippen molar-refractivity contribution in [1.82, 2.24) is 9.88 Å². The van der Waals surface area contributed by atoms with Crippen LogP contribution in [0.3, 0.4) is 0 Å². The molecular formula is C22H18N4O8S. The van der Waals surface area contributed by atoms with Crippen molar-refractivity contribution in [3.8, 4) is 11.5 Å². The first kappa shape index (κ1) is 23.6. The van der Waals surface area contributed by atoms with Crippen LogP contribution in [-0.2, 0) is 16.6 Å². The highest BCUT2D eigenvalue weighted by atomic mass is 32.2. The number of fused-ring (bicyclic) bond motifs is 1. The normalized spacial score (nSPS) is 12.9. The number of carbonyl (C=O) groups excluding carboxylic acids is 2. The van der Waals surface area contributed by atoms with E-state index in [-0.39, 0.29) is 45.6 Å². The van der Waals surface area contributed by atoms with Gasteiger partial charge in [-0.3, -0.25) is 34.3 Å². The van der Waals surface area contributed by atoms with Gasteiger partial charge in [-0.1, -0.05) is 6.07 Å². The summed E-state index contributed by atoms with van der Waals surface area (Å²) in [4.78, 5) is 40.4. The Hall–Kier alpha value is -4.52. The van der Waals surface area contributed by atoms with E-state index in [1.165, 1.54) is 56.8 Å². The molecule has 0 spiro atoms. The average Bonchev–Trinajstić information content (AvgIpc) is 3.08. The van der Waals surface area contributed by atoms with Gasteiger partial charge in [0.05, 0.1) is 36.9 Å². The number of sulfonamides is 1. The van der Waals surface area contributed by atoms with Crippen LogP contribution in [0.4, 0.5) is 11.4 Å². The van der Waals surface area contributed by atoms with Crippen LogP contribution in [0.25, 0.3) is 0 Å². The lowest BCUT2D eigenvalue weighted by molar-refractivity contribution is -0.384. The molecule has 3 aromatic rings. The van der Waals surface area contributed by atoms with Crippen LogP contribution in [0.15, 0.2) is 59.6 Å². The molecule has 180 valence electrons. The van der Waals surface area contributed by atoms with Crippen LogP contribution in [0.5, 0.6) is 11.5 Å². The number of methoxy groups -OCH3 is 2. The number of non-ortho nitro benzene ring substituents is 1. The van der Waals surface area contributed by atoms with Gasteiger partial charge in [-0.25, -0.2) is 8.42 Å². The molecule has 12 nitrogen and oxygen atoms in total. The third-order valence-corrected chi connectivity index (χ3v) is 6.61. The second kappa shape index (κ2) is 9.02. The minimum atomic E-state index is -4.35. The van der Waals surface area contributed by atoms with Crippen molar-refractivity contribution >= 4 is 33.2 Å². The Bertz CT molecular complexity index is 1440. The fraction of sp³-hybridized carbons (Fsp3) is 0.136. The van der Waals surface area contributed by atoms with Gasteiger partial charge in [0.25, 0.3) is 27.5 Å². The zero-order valence-corrected chi connectivity index (χ0v) is 19.2. The number of anilines is 1. The number of nitrogens with zero attached hydrogens (tertiary/aromatic N) is 3. The number of amides is 2. The third kappa shape index (κ3) is 4.36. The lowest BCUT2D eigenvalue weighted by Crippen LogP contribution is -2.29. The zero-order chi connectivity index (χ0) is 25.3. The summed E-state index contributed by atoms with van der Waals surface area (Å²) in [6.07, 6.45) is 1.40. The van der Waals surface area contributed by atoms with Gasteiger partial charge in [0, 0.05) is 18.3 Å². The predicted molar refractivity (Wildman–Crippen MR) is 122 cm³/mol. The van der Waals surface area contributed by atoms with E-state index < -0.39 is 26.8 Å². The van der Waals surface area contributed by atoms with Crippen LogP contribution in [0.2, 0.25) is 0 Å². The van der Waals surface area contributed by atoms with Gasteiger partial charge in [0.1, 0.15) is 22.1 Å². The quantitative estimate of drug-likeness (QED) is 0.280. The molecule has 2 heterocycles. The highest BCUT2D eigenvalue weighted by Crippen LogP contribution is 2.34. The van der Waals surface area contributed by atoms with Crippen molar-refractivity contribution in [1.29, 1.82) is 0 Å². The van der Waals surface area contributed by atoms with Crippen molar-refractivity contribution in [3.63, 3.8) is 0 Å². The number of ether oxygens (including phenoxy) is 2. The molecule has 1 aliphatic rings. The Morgan fingerprint density at radius 3 is 2.40 bits per heavy atom. The van der Waals surface area contributed by atoms with Crippen molar-refractivity contribution in [2.75, 3.05) is 18.9 Å². The Kier molecular flexibility index (Phi) is 6.09. The van der Waals surface area contributed by atoms with Crippen molar-refractivity contribution in [2.45, 2.75) is 11.4 Å². The van der Waals surface area contributed by atoms with Crippen molar-refractivity contribution in [2.24, 2.45) is 0 Å². The van der Waals surface area contributed by atoms with E-state index in [2.05, 4.69) is 9.71 Å². The number of nitro benzene ring substituents is 1.